The minimum atomic E-state index is -5.18. The predicted molar refractivity (Wildman–Crippen MR) is 67.8 cm³/mol. The van der Waals surface area contributed by atoms with E-state index >= 15 is 0 Å². The van der Waals surface area contributed by atoms with Crippen LogP contribution in [-0.4, -0.2) is 32.8 Å². The van der Waals surface area contributed by atoms with E-state index in [2.05, 4.69) is 0 Å². The van der Waals surface area contributed by atoms with Gasteiger partial charge in [0.1, 0.15) is 0 Å². The van der Waals surface area contributed by atoms with Crippen molar-refractivity contribution in [1.29, 1.82) is 0 Å². The summed E-state index contributed by atoms with van der Waals surface area (Å²) in [6.45, 7) is -4.43. The Bertz CT molecular complexity index is 559. The molecule has 1 aliphatic heterocycles. The molecule has 0 saturated carbocycles. The molecule has 0 atom stereocenters. The first-order valence-corrected chi connectivity index (χ1v) is 7.56. The average Bonchev–Trinajstić information content (AvgIpc) is 2.39. The fourth-order valence-electron chi connectivity index (χ4n) is 2.13. The molecule has 1 aliphatic rings. The summed E-state index contributed by atoms with van der Waals surface area (Å²) in [5.74, 6) is 0. The first-order valence-electron chi connectivity index (χ1n) is 6.12. The molecule has 1 heterocycles. The molecule has 0 bridgehead atoms. The molecular formula is C11H14BF3KNO2S. The first-order chi connectivity index (χ1) is 8.82. The number of sulfonamides is 1. The normalized spacial score (nSPS) is 17.6. The third-order valence-corrected chi connectivity index (χ3v) is 5.08. The van der Waals surface area contributed by atoms with Crippen molar-refractivity contribution in [3.63, 3.8) is 0 Å². The maximum atomic E-state index is 12.7. The smallest absolute Gasteiger partial charge is 0.445 e. The van der Waals surface area contributed by atoms with Gasteiger partial charge in [-0.05, 0) is 18.9 Å². The number of rotatable bonds is 3. The Kier molecular flexibility index (Phi) is 6.77. The number of halogens is 3. The van der Waals surface area contributed by atoms with Crippen LogP contribution in [0.4, 0.5) is 12.9 Å². The van der Waals surface area contributed by atoms with Gasteiger partial charge in [0, 0.05) is 13.1 Å². The number of hydrogen-bond donors (Lipinski definition) is 0. The van der Waals surface area contributed by atoms with Crippen molar-refractivity contribution in [1.82, 2.24) is 4.31 Å². The van der Waals surface area contributed by atoms with Crippen molar-refractivity contribution in [3.05, 3.63) is 24.3 Å². The zero-order chi connectivity index (χ0) is 14.1. The van der Waals surface area contributed by atoms with Crippen molar-refractivity contribution in [2.75, 3.05) is 13.1 Å². The molecule has 0 unspecified atom stereocenters. The maximum Gasteiger partial charge on any atom is 1.00 e. The Morgan fingerprint density at radius 2 is 1.65 bits per heavy atom. The number of hydrogen-bond acceptors (Lipinski definition) is 2. The second kappa shape index (κ2) is 7.26. The van der Waals surface area contributed by atoms with Crippen molar-refractivity contribution in [3.8, 4) is 0 Å². The van der Waals surface area contributed by atoms with Crippen molar-refractivity contribution in [2.24, 2.45) is 0 Å². The summed E-state index contributed by atoms with van der Waals surface area (Å²) >= 11 is 0. The van der Waals surface area contributed by atoms with Gasteiger partial charge in [0.15, 0.2) is 0 Å². The quantitative estimate of drug-likeness (QED) is 0.661. The second-order valence-corrected chi connectivity index (χ2v) is 6.55. The fourth-order valence-corrected chi connectivity index (χ4v) is 3.71. The summed E-state index contributed by atoms with van der Waals surface area (Å²) < 4.78 is 63.7. The molecule has 0 aliphatic carbocycles. The van der Waals surface area contributed by atoms with E-state index in [1.54, 1.807) is 0 Å². The van der Waals surface area contributed by atoms with E-state index in [-0.39, 0.29) is 56.3 Å². The van der Waals surface area contributed by atoms with Crippen LogP contribution in [0.3, 0.4) is 0 Å². The fraction of sp³-hybridized carbons (Fsp3) is 0.455. The average molecular weight is 331 g/mol. The summed E-state index contributed by atoms with van der Waals surface area (Å²) in [6, 6.07) is 3.98. The summed E-state index contributed by atoms with van der Waals surface area (Å²) in [5.41, 5.74) is -0.877. The Morgan fingerprint density at radius 1 is 1.05 bits per heavy atom. The van der Waals surface area contributed by atoms with E-state index < -0.39 is 22.5 Å². The Balaban J connectivity index is 0.00000200. The van der Waals surface area contributed by atoms with Crippen LogP contribution in [-0.2, 0) is 10.0 Å². The van der Waals surface area contributed by atoms with Crippen LogP contribution in [0.5, 0.6) is 0 Å². The third kappa shape index (κ3) is 4.31. The largest absolute Gasteiger partial charge is 1.00 e. The van der Waals surface area contributed by atoms with E-state index in [1.807, 2.05) is 0 Å². The minimum Gasteiger partial charge on any atom is -0.445 e. The van der Waals surface area contributed by atoms with Gasteiger partial charge in [-0.1, -0.05) is 24.6 Å². The summed E-state index contributed by atoms with van der Waals surface area (Å²) in [5, 5.41) is 0. The van der Waals surface area contributed by atoms with Gasteiger partial charge in [-0.2, -0.15) is 4.31 Å². The SMILES string of the molecule is O=S(=O)(c1cccc([B-](F)(F)F)c1)N1CCCCC1.[K+]. The molecule has 0 radical (unpaired) electrons. The Hall–Kier alpha value is 0.621. The van der Waals surface area contributed by atoms with Gasteiger partial charge in [-0.25, -0.2) is 8.42 Å². The molecule has 0 amide bonds. The molecule has 1 aromatic rings. The van der Waals surface area contributed by atoms with Gasteiger partial charge < -0.3 is 12.9 Å². The van der Waals surface area contributed by atoms with Crippen LogP contribution in [0.15, 0.2) is 29.2 Å². The first kappa shape index (κ1) is 18.7. The molecule has 1 fully saturated rings. The predicted octanol–water partition coefficient (Wildman–Crippen LogP) is -1.08. The van der Waals surface area contributed by atoms with Gasteiger partial charge in [0.2, 0.25) is 10.0 Å². The molecule has 0 spiro atoms. The van der Waals surface area contributed by atoms with Gasteiger partial charge in [-0.3, -0.25) is 0 Å². The van der Waals surface area contributed by atoms with Crippen LogP contribution in [0, 0.1) is 0 Å². The van der Waals surface area contributed by atoms with E-state index in [0.29, 0.717) is 13.1 Å². The third-order valence-electron chi connectivity index (χ3n) is 3.19. The molecule has 0 N–H and O–H groups in total. The van der Waals surface area contributed by atoms with Gasteiger partial charge >= 0.3 is 58.4 Å². The van der Waals surface area contributed by atoms with Crippen LogP contribution in [0.2, 0.25) is 0 Å². The number of nitrogens with zero attached hydrogens (tertiary/aromatic N) is 1. The van der Waals surface area contributed by atoms with Crippen LogP contribution < -0.4 is 56.8 Å². The molecule has 0 aromatic heterocycles. The molecule has 2 rings (SSSR count). The standard InChI is InChI=1S/C11H14BF3NO2S.K/c13-12(14,15)10-5-4-6-11(9-10)19(17,18)16-7-2-1-3-8-16;/h4-6,9H,1-3,7-8H2;/q-1;+1. The molecule has 3 nitrogen and oxygen atoms in total. The number of benzene rings is 1. The molecule has 106 valence electrons. The Morgan fingerprint density at radius 3 is 2.20 bits per heavy atom. The summed E-state index contributed by atoms with van der Waals surface area (Å²) in [7, 11) is -3.80. The molecule has 20 heavy (non-hydrogen) atoms. The zero-order valence-corrected chi connectivity index (χ0v) is 15.2. The summed E-state index contributed by atoms with van der Waals surface area (Å²) in [6.07, 6.45) is 2.46. The monoisotopic (exact) mass is 331 g/mol. The zero-order valence-electron chi connectivity index (χ0n) is 11.2. The summed E-state index contributed by atoms with van der Waals surface area (Å²) in [4.78, 5) is -0.272. The number of piperidine rings is 1. The van der Waals surface area contributed by atoms with E-state index in [1.165, 1.54) is 10.4 Å². The topological polar surface area (TPSA) is 37.4 Å². The van der Waals surface area contributed by atoms with Crippen molar-refractivity contribution in [2.45, 2.75) is 24.2 Å². The minimum absolute atomic E-state index is 0. The molecular weight excluding hydrogens is 317 g/mol. The van der Waals surface area contributed by atoms with Crippen molar-refractivity contribution < 1.29 is 72.7 Å². The second-order valence-electron chi connectivity index (χ2n) is 4.61. The van der Waals surface area contributed by atoms with E-state index in [4.69, 9.17) is 0 Å². The van der Waals surface area contributed by atoms with Crippen LogP contribution in [0.1, 0.15) is 19.3 Å². The van der Waals surface area contributed by atoms with Gasteiger partial charge in [0.05, 0.1) is 4.90 Å². The molecule has 9 heteroatoms. The van der Waals surface area contributed by atoms with E-state index in [9.17, 15) is 21.4 Å². The Labute approximate surface area is 159 Å². The van der Waals surface area contributed by atoms with E-state index in [0.717, 1.165) is 37.5 Å². The van der Waals surface area contributed by atoms with Crippen LogP contribution in [0.25, 0.3) is 0 Å². The maximum absolute atomic E-state index is 12.7. The van der Waals surface area contributed by atoms with Crippen LogP contribution >= 0.6 is 0 Å². The van der Waals surface area contributed by atoms with Gasteiger partial charge in [0.25, 0.3) is 0 Å². The molecule has 1 aromatic carbocycles. The van der Waals surface area contributed by atoms with Crippen molar-refractivity contribution >= 4 is 22.5 Å². The van der Waals surface area contributed by atoms with Gasteiger partial charge in [-0.15, -0.1) is 5.46 Å². The molecule has 1 saturated heterocycles.